The van der Waals surface area contributed by atoms with Crippen molar-refractivity contribution in [2.75, 3.05) is 6.61 Å². The van der Waals surface area contributed by atoms with Crippen LogP contribution in [0.15, 0.2) is 83.8 Å². The molecule has 3 nitrogen and oxygen atoms in total. The number of para-hydroxylation sites is 1. The van der Waals surface area contributed by atoms with Gasteiger partial charge in [-0.3, -0.25) is 4.79 Å². The van der Waals surface area contributed by atoms with Gasteiger partial charge in [0.25, 0.3) is 5.91 Å². The summed E-state index contributed by atoms with van der Waals surface area (Å²) in [7, 11) is 0. The highest BCUT2D eigenvalue weighted by molar-refractivity contribution is 7.98. The van der Waals surface area contributed by atoms with E-state index in [4.69, 9.17) is 4.74 Å². The van der Waals surface area contributed by atoms with Crippen molar-refractivity contribution < 1.29 is 9.53 Å². The van der Waals surface area contributed by atoms with E-state index in [1.54, 1.807) is 11.8 Å². The zero-order chi connectivity index (χ0) is 18.9. The van der Waals surface area contributed by atoms with Gasteiger partial charge in [0, 0.05) is 22.8 Å². The number of amides is 1. The molecule has 0 aliphatic carbocycles. The number of carbonyl (C=O) groups is 1. The molecule has 0 bridgehead atoms. The van der Waals surface area contributed by atoms with Crippen molar-refractivity contribution in [2.24, 2.45) is 0 Å². The summed E-state index contributed by atoms with van der Waals surface area (Å²) < 4.78 is 5.63. The summed E-state index contributed by atoms with van der Waals surface area (Å²) in [6.45, 7) is 2.99. The van der Waals surface area contributed by atoms with Crippen LogP contribution >= 0.6 is 11.8 Å². The molecule has 0 unspecified atom stereocenters. The normalized spacial score (nSPS) is 10.4. The van der Waals surface area contributed by atoms with Gasteiger partial charge in [0.1, 0.15) is 5.75 Å². The van der Waals surface area contributed by atoms with Crippen LogP contribution in [0, 0.1) is 0 Å². The number of carbonyl (C=O) groups excluding carboxylic acids is 1. The summed E-state index contributed by atoms with van der Waals surface area (Å²) in [4.78, 5) is 13.7. The van der Waals surface area contributed by atoms with E-state index in [0.29, 0.717) is 18.7 Å². The molecular formula is C23H23NO2S. The fraction of sp³-hybridized carbons (Fsp3) is 0.174. The molecule has 3 aromatic rings. The number of nitrogens with one attached hydrogen (secondary N) is 1. The predicted molar refractivity (Wildman–Crippen MR) is 111 cm³/mol. The van der Waals surface area contributed by atoms with Crippen LogP contribution in [0.2, 0.25) is 0 Å². The third kappa shape index (κ3) is 5.38. The molecule has 0 aliphatic rings. The third-order valence-corrected chi connectivity index (χ3v) is 5.23. The maximum Gasteiger partial charge on any atom is 0.252 e. The second-order valence-electron chi connectivity index (χ2n) is 5.99. The van der Waals surface area contributed by atoms with Gasteiger partial charge in [0.15, 0.2) is 0 Å². The molecule has 0 atom stereocenters. The van der Waals surface area contributed by atoms with Crippen molar-refractivity contribution in [3.05, 3.63) is 95.6 Å². The Morgan fingerprint density at radius 2 is 1.63 bits per heavy atom. The maximum atomic E-state index is 12.8. The Hall–Kier alpha value is -2.72. The van der Waals surface area contributed by atoms with Gasteiger partial charge in [0.2, 0.25) is 0 Å². The zero-order valence-electron chi connectivity index (χ0n) is 15.4. The Labute approximate surface area is 164 Å². The summed E-state index contributed by atoms with van der Waals surface area (Å²) in [6.07, 6.45) is 0. The van der Waals surface area contributed by atoms with Crippen molar-refractivity contribution in [1.29, 1.82) is 0 Å². The SMILES string of the molecule is CCOc1ccccc1CNC(=O)c1ccccc1SCc1ccccc1. The van der Waals surface area contributed by atoms with Crippen LogP contribution < -0.4 is 10.1 Å². The lowest BCUT2D eigenvalue weighted by Gasteiger charge is -2.12. The summed E-state index contributed by atoms with van der Waals surface area (Å²) >= 11 is 1.68. The topological polar surface area (TPSA) is 38.3 Å². The van der Waals surface area contributed by atoms with Crippen LogP contribution in [-0.4, -0.2) is 12.5 Å². The highest BCUT2D eigenvalue weighted by Crippen LogP contribution is 2.26. The molecule has 138 valence electrons. The Morgan fingerprint density at radius 1 is 0.926 bits per heavy atom. The summed E-state index contributed by atoms with van der Waals surface area (Å²) in [5.74, 6) is 1.57. The van der Waals surface area contributed by atoms with E-state index in [1.165, 1.54) is 5.56 Å². The Kier molecular flexibility index (Phi) is 6.94. The largest absolute Gasteiger partial charge is 0.494 e. The first-order chi connectivity index (χ1) is 13.3. The van der Waals surface area contributed by atoms with Crippen LogP contribution in [-0.2, 0) is 12.3 Å². The lowest BCUT2D eigenvalue weighted by molar-refractivity contribution is 0.0947. The van der Waals surface area contributed by atoms with Crippen molar-refractivity contribution in [3.63, 3.8) is 0 Å². The van der Waals surface area contributed by atoms with E-state index in [9.17, 15) is 4.79 Å². The van der Waals surface area contributed by atoms with Gasteiger partial charge in [-0.15, -0.1) is 11.8 Å². The van der Waals surface area contributed by atoms with Crippen molar-refractivity contribution in [3.8, 4) is 5.75 Å². The molecule has 3 rings (SSSR count). The van der Waals surface area contributed by atoms with E-state index < -0.39 is 0 Å². The van der Waals surface area contributed by atoms with Crippen LogP contribution in [0.1, 0.15) is 28.4 Å². The molecular weight excluding hydrogens is 354 g/mol. The van der Waals surface area contributed by atoms with Crippen LogP contribution in [0.5, 0.6) is 5.75 Å². The van der Waals surface area contributed by atoms with Crippen LogP contribution in [0.25, 0.3) is 0 Å². The van der Waals surface area contributed by atoms with Crippen molar-refractivity contribution in [1.82, 2.24) is 5.32 Å². The fourth-order valence-electron chi connectivity index (χ4n) is 2.73. The molecule has 0 fully saturated rings. The highest BCUT2D eigenvalue weighted by Gasteiger charge is 2.12. The number of thioether (sulfide) groups is 1. The first-order valence-corrected chi connectivity index (χ1v) is 10.0. The second-order valence-corrected chi connectivity index (χ2v) is 7.01. The Balaban J connectivity index is 1.67. The molecule has 3 aromatic carbocycles. The lowest BCUT2D eigenvalue weighted by atomic mass is 10.1. The number of ether oxygens (including phenoxy) is 1. The van der Waals surface area contributed by atoms with E-state index in [2.05, 4.69) is 17.4 Å². The van der Waals surface area contributed by atoms with E-state index >= 15 is 0 Å². The first kappa shape index (κ1) is 19.1. The Morgan fingerprint density at radius 3 is 2.44 bits per heavy atom. The predicted octanol–water partition coefficient (Wildman–Crippen LogP) is 5.31. The van der Waals surface area contributed by atoms with E-state index in [0.717, 1.165) is 22.0 Å². The van der Waals surface area contributed by atoms with Crippen LogP contribution in [0.4, 0.5) is 0 Å². The van der Waals surface area contributed by atoms with Crippen molar-refractivity contribution >= 4 is 17.7 Å². The molecule has 0 aromatic heterocycles. The van der Waals surface area contributed by atoms with Gasteiger partial charge in [-0.05, 0) is 30.7 Å². The summed E-state index contributed by atoms with van der Waals surface area (Å²) in [6, 6.07) is 25.8. The monoisotopic (exact) mass is 377 g/mol. The molecule has 0 heterocycles. The highest BCUT2D eigenvalue weighted by atomic mass is 32.2. The molecule has 4 heteroatoms. The van der Waals surface area contributed by atoms with E-state index in [-0.39, 0.29) is 5.91 Å². The molecule has 0 aliphatic heterocycles. The third-order valence-electron chi connectivity index (χ3n) is 4.08. The van der Waals surface area contributed by atoms with Gasteiger partial charge in [-0.1, -0.05) is 60.7 Å². The molecule has 0 radical (unpaired) electrons. The maximum absolute atomic E-state index is 12.8. The van der Waals surface area contributed by atoms with E-state index in [1.807, 2.05) is 73.7 Å². The second kappa shape index (κ2) is 9.83. The number of benzene rings is 3. The summed E-state index contributed by atoms with van der Waals surface area (Å²) in [5.41, 5.74) is 2.91. The quantitative estimate of drug-likeness (QED) is 0.541. The standard InChI is InChI=1S/C23H23NO2S/c1-2-26-21-14-8-6-12-19(21)16-24-23(25)20-13-7-9-15-22(20)27-17-18-10-4-3-5-11-18/h3-15H,2,16-17H2,1H3,(H,24,25). The van der Waals surface area contributed by atoms with Gasteiger partial charge < -0.3 is 10.1 Å². The minimum atomic E-state index is -0.0718. The molecule has 1 N–H and O–H groups in total. The minimum Gasteiger partial charge on any atom is -0.494 e. The smallest absolute Gasteiger partial charge is 0.252 e. The van der Waals surface area contributed by atoms with Crippen molar-refractivity contribution in [2.45, 2.75) is 24.1 Å². The molecule has 0 spiro atoms. The number of hydrogen-bond donors (Lipinski definition) is 1. The average molecular weight is 378 g/mol. The molecule has 27 heavy (non-hydrogen) atoms. The minimum absolute atomic E-state index is 0.0718. The van der Waals surface area contributed by atoms with Gasteiger partial charge in [-0.25, -0.2) is 0 Å². The van der Waals surface area contributed by atoms with Crippen LogP contribution in [0.3, 0.4) is 0 Å². The van der Waals surface area contributed by atoms with Gasteiger partial charge in [-0.2, -0.15) is 0 Å². The number of rotatable bonds is 8. The summed E-state index contributed by atoms with van der Waals surface area (Å²) in [5, 5.41) is 3.02. The molecule has 0 saturated heterocycles. The molecule has 1 amide bonds. The molecule has 0 saturated carbocycles. The Bertz CT molecular complexity index is 880. The van der Waals surface area contributed by atoms with Gasteiger partial charge >= 0.3 is 0 Å². The lowest BCUT2D eigenvalue weighted by Crippen LogP contribution is -2.23. The zero-order valence-corrected chi connectivity index (χ0v) is 16.2. The van der Waals surface area contributed by atoms with Gasteiger partial charge in [0.05, 0.1) is 12.2 Å². The fourth-order valence-corrected chi connectivity index (χ4v) is 3.74. The average Bonchev–Trinajstić information content (AvgIpc) is 2.72. The first-order valence-electron chi connectivity index (χ1n) is 9.02. The number of hydrogen-bond acceptors (Lipinski definition) is 3.